The minimum atomic E-state index is -0.0250. The van der Waals surface area contributed by atoms with E-state index in [2.05, 4.69) is 13.8 Å². The second-order valence-corrected chi connectivity index (χ2v) is 5.07. The van der Waals surface area contributed by atoms with E-state index in [9.17, 15) is 5.11 Å². The van der Waals surface area contributed by atoms with Crippen LogP contribution in [0.1, 0.15) is 65.2 Å². The Labute approximate surface area is 88.9 Å². The summed E-state index contributed by atoms with van der Waals surface area (Å²) in [6, 6.07) is 0. The molecule has 1 aliphatic carbocycles. The maximum absolute atomic E-state index is 10.1. The van der Waals surface area contributed by atoms with Crippen molar-refractivity contribution in [3.05, 3.63) is 0 Å². The summed E-state index contributed by atoms with van der Waals surface area (Å²) in [6.07, 6.45) is 10.1. The van der Waals surface area contributed by atoms with Crippen LogP contribution in [0.5, 0.6) is 0 Å². The minimum absolute atomic E-state index is 0.0250. The molecule has 0 aromatic carbocycles. The number of hydrogen-bond donors (Lipinski definition) is 1. The largest absolute Gasteiger partial charge is 0.393 e. The molecule has 84 valence electrons. The maximum Gasteiger partial charge on any atom is 0.0570 e. The molecule has 0 spiro atoms. The molecule has 1 rings (SSSR count). The van der Waals surface area contributed by atoms with Crippen LogP contribution in [0.2, 0.25) is 0 Å². The van der Waals surface area contributed by atoms with Gasteiger partial charge >= 0.3 is 0 Å². The van der Waals surface area contributed by atoms with Gasteiger partial charge in [-0.25, -0.2) is 0 Å². The lowest BCUT2D eigenvalue weighted by molar-refractivity contribution is 0.0755. The molecule has 0 saturated heterocycles. The molecule has 0 aromatic heterocycles. The zero-order chi connectivity index (χ0) is 10.4. The van der Waals surface area contributed by atoms with E-state index in [0.717, 1.165) is 6.42 Å². The third-order valence-corrected chi connectivity index (χ3v) is 3.78. The van der Waals surface area contributed by atoms with E-state index < -0.39 is 0 Å². The van der Waals surface area contributed by atoms with E-state index in [-0.39, 0.29) is 6.10 Å². The first kappa shape index (κ1) is 12.0. The molecule has 1 N–H and O–H groups in total. The second kappa shape index (κ2) is 6.44. The Bertz CT molecular complexity index is 136. The van der Waals surface area contributed by atoms with Crippen LogP contribution in [0.4, 0.5) is 0 Å². The van der Waals surface area contributed by atoms with Crippen molar-refractivity contribution in [2.45, 2.75) is 71.3 Å². The highest BCUT2D eigenvalue weighted by atomic mass is 16.3. The predicted molar refractivity (Wildman–Crippen MR) is 61.3 cm³/mol. The summed E-state index contributed by atoms with van der Waals surface area (Å²) in [7, 11) is 0. The Morgan fingerprint density at radius 1 is 1.14 bits per heavy atom. The van der Waals surface area contributed by atoms with Crippen molar-refractivity contribution in [2.24, 2.45) is 11.8 Å². The van der Waals surface area contributed by atoms with Crippen molar-refractivity contribution in [3.8, 4) is 0 Å². The SMILES string of the molecule is CCC(C)CC(O)C1CCCCCC1. The summed E-state index contributed by atoms with van der Waals surface area (Å²) in [5.74, 6) is 1.29. The monoisotopic (exact) mass is 198 g/mol. The Balaban J connectivity index is 2.30. The fraction of sp³-hybridized carbons (Fsp3) is 1.00. The van der Waals surface area contributed by atoms with Crippen LogP contribution in [0, 0.1) is 11.8 Å². The standard InChI is InChI=1S/C13H26O/c1-3-11(2)10-13(14)12-8-6-4-5-7-9-12/h11-14H,3-10H2,1-2H3. The van der Waals surface area contributed by atoms with Gasteiger partial charge in [0.05, 0.1) is 6.10 Å². The average molecular weight is 198 g/mol. The number of hydrogen-bond acceptors (Lipinski definition) is 1. The van der Waals surface area contributed by atoms with Gasteiger partial charge in [-0.1, -0.05) is 46.0 Å². The Kier molecular flexibility index (Phi) is 5.54. The van der Waals surface area contributed by atoms with Crippen molar-refractivity contribution >= 4 is 0 Å². The molecule has 14 heavy (non-hydrogen) atoms. The molecular weight excluding hydrogens is 172 g/mol. The van der Waals surface area contributed by atoms with Crippen LogP contribution in [-0.2, 0) is 0 Å². The van der Waals surface area contributed by atoms with Gasteiger partial charge in [-0.05, 0) is 31.1 Å². The van der Waals surface area contributed by atoms with Crippen molar-refractivity contribution in [2.75, 3.05) is 0 Å². The van der Waals surface area contributed by atoms with Gasteiger partial charge in [0.15, 0.2) is 0 Å². The number of rotatable bonds is 4. The molecule has 1 heteroatoms. The molecule has 2 atom stereocenters. The van der Waals surface area contributed by atoms with Crippen LogP contribution in [-0.4, -0.2) is 11.2 Å². The van der Waals surface area contributed by atoms with Gasteiger partial charge in [-0.3, -0.25) is 0 Å². The lowest BCUT2D eigenvalue weighted by Crippen LogP contribution is -2.22. The fourth-order valence-electron chi connectivity index (χ4n) is 2.47. The molecule has 0 radical (unpaired) electrons. The van der Waals surface area contributed by atoms with Gasteiger partial charge in [0, 0.05) is 0 Å². The third-order valence-electron chi connectivity index (χ3n) is 3.78. The molecule has 2 unspecified atom stereocenters. The first-order valence-electron chi connectivity index (χ1n) is 6.42. The van der Waals surface area contributed by atoms with Gasteiger partial charge in [0.1, 0.15) is 0 Å². The second-order valence-electron chi connectivity index (χ2n) is 5.07. The quantitative estimate of drug-likeness (QED) is 0.682. The highest BCUT2D eigenvalue weighted by molar-refractivity contribution is 4.73. The van der Waals surface area contributed by atoms with Gasteiger partial charge in [-0.2, -0.15) is 0 Å². The minimum Gasteiger partial charge on any atom is -0.393 e. The van der Waals surface area contributed by atoms with E-state index in [1.165, 1.54) is 44.9 Å². The van der Waals surface area contributed by atoms with Gasteiger partial charge in [0.25, 0.3) is 0 Å². The van der Waals surface area contributed by atoms with Gasteiger partial charge in [-0.15, -0.1) is 0 Å². The zero-order valence-corrected chi connectivity index (χ0v) is 9.84. The molecular formula is C13H26O. The predicted octanol–water partition coefficient (Wildman–Crippen LogP) is 3.75. The van der Waals surface area contributed by atoms with E-state index in [1.807, 2.05) is 0 Å². The van der Waals surface area contributed by atoms with Crippen molar-refractivity contribution < 1.29 is 5.11 Å². The molecule has 0 heterocycles. The van der Waals surface area contributed by atoms with Gasteiger partial charge < -0.3 is 5.11 Å². The smallest absolute Gasteiger partial charge is 0.0570 e. The summed E-state index contributed by atoms with van der Waals surface area (Å²) < 4.78 is 0. The number of aliphatic hydroxyl groups excluding tert-OH is 1. The highest BCUT2D eigenvalue weighted by Gasteiger charge is 2.21. The topological polar surface area (TPSA) is 20.2 Å². The summed E-state index contributed by atoms with van der Waals surface area (Å²) in [5, 5.41) is 10.1. The van der Waals surface area contributed by atoms with E-state index in [1.54, 1.807) is 0 Å². The van der Waals surface area contributed by atoms with Crippen LogP contribution in [0.15, 0.2) is 0 Å². The maximum atomic E-state index is 10.1. The first-order valence-corrected chi connectivity index (χ1v) is 6.42. The highest BCUT2D eigenvalue weighted by Crippen LogP contribution is 2.28. The molecule has 0 amide bonds. The van der Waals surface area contributed by atoms with Crippen LogP contribution in [0.3, 0.4) is 0 Å². The van der Waals surface area contributed by atoms with E-state index in [0.29, 0.717) is 11.8 Å². The molecule has 1 saturated carbocycles. The van der Waals surface area contributed by atoms with Crippen molar-refractivity contribution in [3.63, 3.8) is 0 Å². The summed E-state index contributed by atoms with van der Waals surface area (Å²) in [6.45, 7) is 4.46. The Morgan fingerprint density at radius 3 is 2.21 bits per heavy atom. The third kappa shape index (κ3) is 4.00. The van der Waals surface area contributed by atoms with Crippen LogP contribution < -0.4 is 0 Å². The molecule has 0 aliphatic heterocycles. The average Bonchev–Trinajstić information content (AvgIpc) is 2.45. The Hall–Kier alpha value is -0.0400. The van der Waals surface area contributed by atoms with Crippen molar-refractivity contribution in [1.29, 1.82) is 0 Å². The van der Waals surface area contributed by atoms with E-state index >= 15 is 0 Å². The zero-order valence-electron chi connectivity index (χ0n) is 9.84. The normalized spacial score (nSPS) is 24.2. The lowest BCUT2D eigenvalue weighted by Gasteiger charge is -2.23. The van der Waals surface area contributed by atoms with Gasteiger partial charge in [0.2, 0.25) is 0 Å². The molecule has 0 aromatic rings. The molecule has 1 nitrogen and oxygen atoms in total. The number of aliphatic hydroxyl groups is 1. The summed E-state index contributed by atoms with van der Waals surface area (Å²) in [4.78, 5) is 0. The molecule has 1 aliphatic rings. The van der Waals surface area contributed by atoms with Crippen LogP contribution >= 0.6 is 0 Å². The lowest BCUT2D eigenvalue weighted by atomic mass is 9.88. The fourth-order valence-corrected chi connectivity index (χ4v) is 2.47. The van der Waals surface area contributed by atoms with E-state index in [4.69, 9.17) is 0 Å². The Morgan fingerprint density at radius 2 is 1.71 bits per heavy atom. The summed E-state index contributed by atoms with van der Waals surface area (Å²) >= 11 is 0. The summed E-state index contributed by atoms with van der Waals surface area (Å²) in [5.41, 5.74) is 0. The van der Waals surface area contributed by atoms with Crippen LogP contribution in [0.25, 0.3) is 0 Å². The first-order chi connectivity index (χ1) is 6.74. The van der Waals surface area contributed by atoms with Crippen molar-refractivity contribution in [1.82, 2.24) is 0 Å². The molecule has 0 bridgehead atoms. The molecule has 1 fully saturated rings.